The number of anilines is 1. The topological polar surface area (TPSA) is 76.2 Å². The second-order valence-electron chi connectivity index (χ2n) is 3.43. The third-order valence-corrected chi connectivity index (χ3v) is 2.38. The van der Waals surface area contributed by atoms with Crippen LogP contribution in [0.5, 0.6) is 11.5 Å². The van der Waals surface area contributed by atoms with E-state index in [1.54, 1.807) is 30.6 Å². The van der Waals surface area contributed by atoms with E-state index in [1.165, 1.54) is 14.2 Å². The maximum absolute atomic E-state index is 12.1. The lowest BCUT2D eigenvalue weighted by atomic mass is 10.1. The van der Waals surface area contributed by atoms with E-state index in [0.29, 0.717) is 23.0 Å². The van der Waals surface area contributed by atoms with Crippen molar-refractivity contribution in [3.05, 3.63) is 36.2 Å². The average Bonchev–Trinajstić information content (AvgIpc) is 2.90. The number of amides is 1. The maximum Gasteiger partial charge on any atom is 0.261 e. The molecule has 0 aliphatic rings. The molecule has 0 unspecified atom stereocenters. The molecule has 1 heterocycles. The molecule has 2 N–H and O–H groups in total. The fourth-order valence-corrected chi connectivity index (χ4v) is 1.57. The van der Waals surface area contributed by atoms with Gasteiger partial charge in [-0.15, -0.1) is 0 Å². The molecule has 1 amide bonds. The summed E-state index contributed by atoms with van der Waals surface area (Å²) < 4.78 is 10.3. The number of carbonyl (C=O) groups is 1. The summed E-state index contributed by atoms with van der Waals surface area (Å²) in [5, 5.41) is 2.62. The number of H-pyrrole nitrogens is 1. The Morgan fingerprint density at radius 1 is 1.33 bits per heavy atom. The van der Waals surface area contributed by atoms with Gasteiger partial charge in [0.15, 0.2) is 11.5 Å². The molecule has 0 saturated carbocycles. The van der Waals surface area contributed by atoms with Crippen molar-refractivity contribution in [2.75, 3.05) is 19.5 Å². The minimum absolute atomic E-state index is 0.319. The molecule has 18 heavy (non-hydrogen) atoms. The smallest absolute Gasteiger partial charge is 0.261 e. The summed E-state index contributed by atoms with van der Waals surface area (Å²) >= 11 is 0. The van der Waals surface area contributed by atoms with Gasteiger partial charge in [0.25, 0.3) is 5.91 Å². The van der Waals surface area contributed by atoms with Crippen LogP contribution in [0.3, 0.4) is 0 Å². The van der Waals surface area contributed by atoms with Crippen LogP contribution in [0.2, 0.25) is 0 Å². The van der Waals surface area contributed by atoms with Gasteiger partial charge in [0.2, 0.25) is 5.95 Å². The molecule has 0 fully saturated rings. The summed E-state index contributed by atoms with van der Waals surface area (Å²) in [4.78, 5) is 18.8. The molecule has 94 valence electrons. The Hall–Kier alpha value is -2.50. The van der Waals surface area contributed by atoms with Gasteiger partial charge >= 0.3 is 0 Å². The van der Waals surface area contributed by atoms with Crippen LogP contribution in [0.4, 0.5) is 5.95 Å². The zero-order valence-corrected chi connectivity index (χ0v) is 10.1. The SMILES string of the molecule is COc1cccc(C(=O)Nc2ncc[nH]2)c1OC. The van der Waals surface area contributed by atoms with Gasteiger partial charge in [-0.25, -0.2) is 4.98 Å². The van der Waals surface area contributed by atoms with Crippen LogP contribution in [-0.4, -0.2) is 30.1 Å². The first-order valence-corrected chi connectivity index (χ1v) is 5.28. The van der Waals surface area contributed by atoms with Crippen LogP contribution in [-0.2, 0) is 0 Å². The Bertz CT molecular complexity index is 538. The number of hydrogen-bond acceptors (Lipinski definition) is 4. The van der Waals surface area contributed by atoms with Gasteiger partial charge in [-0.1, -0.05) is 6.07 Å². The zero-order chi connectivity index (χ0) is 13.0. The molecule has 0 spiro atoms. The van der Waals surface area contributed by atoms with E-state index in [2.05, 4.69) is 15.3 Å². The summed E-state index contributed by atoms with van der Waals surface area (Å²) in [6.07, 6.45) is 3.18. The highest BCUT2D eigenvalue weighted by Crippen LogP contribution is 2.30. The van der Waals surface area contributed by atoms with Gasteiger partial charge in [-0.05, 0) is 12.1 Å². The second-order valence-corrected chi connectivity index (χ2v) is 3.43. The van der Waals surface area contributed by atoms with E-state index in [9.17, 15) is 4.79 Å². The first-order valence-electron chi connectivity index (χ1n) is 5.28. The van der Waals surface area contributed by atoms with Gasteiger partial charge in [-0.2, -0.15) is 0 Å². The Morgan fingerprint density at radius 2 is 2.17 bits per heavy atom. The quantitative estimate of drug-likeness (QED) is 0.861. The van der Waals surface area contributed by atoms with Crippen LogP contribution in [0.1, 0.15) is 10.4 Å². The number of rotatable bonds is 4. The van der Waals surface area contributed by atoms with Gasteiger partial charge in [0, 0.05) is 12.4 Å². The number of aromatic amines is 1. The van der Waals surface area contributed by atoms with Crippen LogP contribution in [0.25, 0.3) is 0 Å². The van der Waals surface area contributed by atoms with E-state index in [4.69, 9.17) is 9.47 Å². The summed E-state index contributed by atoms with van der Waals surface area (Å²) in [5.74, 6) is 0.958. The van der Waals surface area contributed by atoms with E-state index in [1.807, 2.05) is 0 Å². The standard InChI is InChI=1S/C12H13N3O3/c1-17-9-5-3-4-8(10(9)18-2)11(16)15-12-13-6-7-14-12/h3-7H,1-2H3,(H2,13,14,15,16). The molecule has 0 aliphatic heterocycles. The molecule has 0 bridgehead atoms. The minimum Gasteiger partial charge on any atom is -0.493 e. The summed E-state index contributed by atoms with van der Waals surface area (Å²) in [6.45, 7) is 0. The average molecular weight is 247 g/mol. The number of hydrogen-bond donors (Lipinski definition) is 2. The third kappa shape index (κ3) is 2.27. The second kappa shape index (κ2) is 5.22. The Kier molecular flexibility index (Phi) is 3.47. The van der Waals surface area contributed by atoms with E-state index >= 15 is 0 Å². The van der Waals surface area contributed by atoms with Crippen molar-refractivity contribution in [3.63, 3.8) is 0 Å². The molecule has 1 aromatic carbocycles. The van der Waals surface area contributed by atoms with Crippen LogP contribution in [0.15, 0.2) is 30.6 Å². The predicted molar refractivity (Wildman–Crippen MR) is 66.1 cm³/mol. The highest BCUT2D eigenvalue weighted by atomic mass is 16.5. The molecule has 1 aromatic heterocycles. The number of benzene rings is 1. The molecule has 0 atom stereocenters. The van der Waals surface area contributed by atoms with Crippen molar-refractivity contribution in [2.24, 2.45) is 0 Å². The number of methoxy groups -OCH3 is 2. The van der Waals surface area contributed by atoms with Gasteiger partial charge in [0.1, 0.15) is 0 Å². The van der Waals surface area contributed by atoms with E-state index in [0.717, 1.165) is 0 Å². The largest absolute Gasteiger partial charge is 0.493 e. The van der Waals surface area contributed by atoms with Crippen LogP contribution >= 0.6 is 0 Å². The normalized spacial score (nSPS) is 9.89. The molecular weight excluding hydrogens is 234 g/mol. The van der Waals surface area contributed by atoms with Crippen molar-refractivity contribution >= 4 is 11.9 Å². The number of nitrogens with zero attached hydrogens (tertiary/aromatic N) is 1. The number of imidazole rings is 1. The van der Waals surface area contributed by atoms with Crippen molar-refractivity contribution in [1.29, 1.82) is 0 Å². The lowest BCUT2D eigenvalue weighted by Gasteiger charge is -2.11. The Balaban J connectivity index is 2.29. The molecular formula is C12H13N3O3. The van der Waals surface area contributed by atoms with E-state index in [-0.39, 0.29) is 5.91 Å². The fourth-order valence-electron chi connectivity index (χ4n) is 1.57. The van der Waals surface area contributed by atoms with Crippen LogP contribution in [0, 0.1) is 0 Å². The first-order chi connectivity index (χ1) is 8.76. The predicted octanol–water partition coefficient (Wildman–Crippen LogP) is 1.68. The number of nitrogens with one attached hydrogen (secondary N) is 2. The van der Waals surface area contributed by atoms with Crippen molar-refractivity contribution in [2.45, 2.75) is 0 Å². The summed E-state index contributed by atoms with van der Waals surface area (Å²) in [5.41, 5.74) is 0.383. The van der Waals surface area contributed by atoms with Crippen molar-refractivity contribution in [1.82, 2.24) is 9.97 Å². The lowest BCUT2D eigenvalue weighted by molar-refractivity contribution is 0.102. The third-order valence-electron chi connectivity index (χ3n) is 2.38. The Labute approximate surface area is 104 Å². The first kappa shape index (κ1) is 12.0. The molecule has 0 radical (unpaired) electrons. The van der Waals surface area contributed by atoms with Gasteiger partial charge < -0.3 is 14.5 Å². The minimum atomic E-state index is -0.319. The Morgan fingerprint density at radius 3 is 2.78 bits per heavy atom. The van der Waals surface area contributed by atoms with E-state index < -0.39 is 0 Å². The molecule has 2 rings (SSSR count). The number of carbonyl (C=O) groups excluding carboxylic acids is 1. The van der Waals surface area contributed by atoms with Gasteiger partial charge in [-0.3, -0.25) is 10.1 Å². The number of ether oxygens (including phenoxy) is 2. The molecule has 2 aromatic rings. The number of aromatic nitrogens is 2. The monoisotopic (exact) mass is 247 g/mol. The number of para-hydroxylation sites is 1. The van der Waals surface area contributed by atoms with Crippen LogP contribution < -0.4 is 14.8 Å². The highest BCUT2D eigenvalue weighted by molar-refractivity contribution is 6.05. The van der Waals surface area contributed by atoms with Gasteiger partial charge in [0.05, 0.1) is 19.8 Å². The summed E-state index contributed by atoms with van der Waals surface area (Å²) in [7, 11) is 3.01. The van der Waals surface area contributed by atoms with Crippen molar-refractivity contribution in [3.8, 4) is 11.5 Å². The lowest BCUT2D eigenvalue weighted by Crippen LogP contribution is -2.14. The molecule has 6 heteroatoms. The molecule has 6 nitrogen and oxygen atoms in total. The molecule has 0 saturated heterocycles. The van der Waals surface area contributed by atoms with Crippen molar-refractivity contribution < 1.29 is 14.3 Å². The zero-order valence-electron chi connectivity index (χ0n) is 10.1. The fraction of sp³-hybridized carbons (Fsp3) is 0.167. The molecule has 0 aliphatic carbocycles. The highest BCUT2D eigenvalue weighted by Gasteiger charge is 2.16. The maximum atomic E-state index is 12.1. The summed E-state index contributed by atoms with van der Waals surface area (Å²) in [6, 6.07) is 5.10.